The van der Waals surface area contributed by atoms with Crippen molar-refractivity contribution in [2.24, 2.45) is 0 Å². The first-order chi connectivity index (χ1) is 9.29. The van der Waals surface area contributed by atoms with E-state index in [4.69, 9.17) is 4.98 Å². The van der Waals surface area contributed by atoms with Gasteiger partial charge in [-0.3, -0.25) is 4.57 Å². The van der Waals surface area contributed by atoms with Gasteiger partial charge in [0.15, 0.2) is 5.65 Å². The molecule has 0 aliphatic heterocycles. The molecule has 0 spiro atoms. The van der Waals surface area contributed by atoms with E-state index in [0.29, 0.717) is 0 Å². The topological polar surface area (TPSA) is 30.7 Å². The summed E-state index contributed by atoms with van der Waals surface area (Å²) in [7, 11) is 0. The van der Waals surface area contributed by atoms with Crippen molar-refractivity contribution in [3.8, 4) is 5.69 Å². The Morgan fingerprint density at radius 3 is 2.84 bits per heavy atom. The zero-order chi connectivity index (χ0) is 13.2. The smallest absolute Gasteiger partial charge is 0.164 e. The minimum Gasteiger partial charge on any atom is -0.281 e. The number of rotatable bonds is 3. The molecule has 2 heterocycles. The first-order valence-corrected chi connectivity index (χ1v) is 6.69. The molecular weight excluding hydrogens is 234 g/mol. The van der Waals surface area contributed by atoms with Crippen LogP contribution in [0, 0.1) is 6.92 Å². The van der Waals surface area contributed by atoms with E-state index in [1.165, 1.54) is 5.56 Å². The van der Waals surface area contributed by atoms with Crippen molar-refractivity contribution in [1.29, 1.82) is 0 Å². The predicted molar refractivity (Wildman–Crippen MR) is 77.6 cm³/mol. The van der Waals surface area contributed by atoms with Crippen molar-refractivity contribution in [2.75, 3.05) is 0 Å². The molecule has 19 heavy (non-hydrogen) atoms. The molecule has 0 saturated carbocycles. The molecule has 0 aliphatic carbocycles. The zero-order valence-electron chi connectivity index (χ0n) is 11.3. The van der Waals surface area contributed by atoms with Crippen LogP contribution < -0.4 is 0 Å². The number of hydrogen-bond acceptors (Lipinski definition) is 2. The lowest BCUT2D eigenvalue weighted by molar-refractivity contribution is 0.815. The van der Waals surface area contributed by atoms with Crippen LogP contribution in [0.2, 0.25) is 0 Å². The third-order valence-corrected chi connectivity index (χ3v) is 3.22. The van der Waals surface area contributed by atoms with E-state index in [9.17, 15) is 0 Å². The second-order valence-electron chi connectivity index (χ2n) is 4.80. The number of hydrogen-bond donors (Lipinski definition) is 0. The van der Waals surface area contributed by atoms with Gasteiger partial charge in [0.05, 0.1) is 0 Å². The molecule has 2 aromatic heterocycles. The SMILES string of the molecule is CCCc1nc2cccnc2n1-c1cccc(C)c1. The average molecular weight is 251 g/mol. The van der Waals surface area contributed by atoms with Crippen molar-refractivity contribution in [3.63, 3.8) is 0 Å². The molecule has 0 bridgehead atoms. The number of fused-ring (bicyclic) bond motifs is 1. The van der Waals surface area contributed by atoms with Crippen molar-refractivity contribution in [3.05, 3.63) is 54.0 Å². The molecule has 3 nitrogen and oxygen atoms in total. The molecule has 0 amide bonds. The molecule has 0 aliphatic rings. The molecule has 0 atom stereocenters. The van der Waals surface area contributed by atoms with Crippen LogP contribution in [0.5, 0.6) is 0 Å². The van der Waals surface area contributed by atoms with Gasteiger partial charge in [0.1, 0.15) is 11.3 Å². The highest BCUT2D eigenvalue weighted by Crippen LogP contribution is 2.21. The summed E-state index contributed by atoms with van der Waals surface area (Å²) in [5.74, 6) is 1.08. The first-order valence-electron chi connectivity index (χ1n) is 6.69. The number of benzene rings is 1. The number of aromatic nitrogens is 3. The second kappa shape index (κ2) is 4.84. The van der Waals surface area contributed by atoms with Gasteiger partial charge < -0.3 is 0 Å². The zero-order valence-corrected chi connectivity index (χ0v) is 11.3. The van der Waals surface area contributed by atoms with E-state index >= 15 is 0 Å². The number of pyridine rings is 1. The number of nitrogens with zero attached hydrogens (tertiary/aromatic N) is 3. The van der Waals surface area contributed by atoms with E-state index in [0.717, 1.165) is 35.5 Å². The molecule has 0 unspecified atom stereocenters. The maximum atomic E-state index is 4.71. The van der Waals surface area contributed by atoms with Crippen LogP contribution >= 0.6 is 0 Å². The van der Waals surface area contributed by atoms with Gasteiger partial charge in [0.25, 0.3) is 0 Å². The highest BCUT2D eigenvalue weighted by Gasteiger charge is 2.12. The van der Waals surface area contributed by atoms with Gasteiger partial charge in [-0.25, -0.2) is 9.97 Å². The molecule has 3 rings (SSSR count). The lowest BCUT2D eigenvalue weighted by atomic mass is 10.2. The number of aryl methyl sites for hydroxylation is 2. The number of imidazole rings is 1. The Labute approximate surface area is 112 Å². The summed E-state index contributed by atoms with van der Waals surface area (Å²) in [6.45, 7) is 4.28. The maximum Gasteiger partial charge on any atom is 0.164 e. The largest absolute Gasteiger partial charge is 0.281 e. The molecule has 0 N–H and O–H groups in total. The van der Waals surface area contributed by atoms with Crippen LogP contribution in [-0.2, 0) is 6.42 Å². The van der Waals surface area contributed by atoms with Gasteiger partial charge in [-0.15, -0.1) is 0 Å². The Hall–Kier alpha value is -2.16. The molecule has 0 fully saturated rings. The predicted octanol–water partition coefficient (Wildman–Crippen LogP) is 3.68. The minimum absolute atomic E-state index is 0.941. The van der Waals surface area contributed by atoms with Gasteiger partial charge in [0.2, 0.25) is 0 Å². The van der Waals surface area contributed by atoms with Crippen molar-refractivity contribution < 1.29 is 0 Å². The standard InChI is InChI=1S/C16H17N3/c1-3-6-15-18-14-9-5-10-17-16(14)19(15)13-8-4-7-12(2)11-13/h4-5,7-11H,3,6H2,1-2H3. The van der Waals surface area contributed by atoms with Crippen LogP contribution in [0.25, 0.3) is 16.9 Å². The van der Waals surface area contributed by atoms with Crippen LogP contribution in [-0.4, -0.2) is 14.5 Å². The van der Waals surface area contributed by atoms with Crippen LogP contribution in [0.15, 0.2) is 42.6 Å². The summed E-state index contributed by atoms with van der Waals surface area (Å²) in [6, 6.07) is 12.4. The Morgan fingerprint density at radius 2 is 2.05 bits per heavy atom. The Kier molecular flexibility index (Phi) is 3.03. The Balaban J connectivity index is 2.28. The van der Waals surface area contributed by atoms with E-state index in [1.807, 2.05) is 18.3 Å². The average Bonchev–Trinajstić information content (AvgIpc) is 2.77. The highest BCUT2D eigenvalue weighted by molar-refractivity contribution is 5.73. The molecule has 3 aromatic rings. The normalized spacial score (nSPS) is 11.1. The fraction of sp³-hybridized carbons (Fsp3) is 0.250. The van der Waals surface area contributed by atoms with Gasteiger partial charge in [-0.1, -0.05) is 19.1 Å². The fourth-order valence-electron chi connectivity index (χ4n) is 2.39. The van der Waals surface area contributed by atoms with Crippen LogP contribution in [0.1, 0.15) is 24.7 Å². The van der Waals surface area contributed by atoms with E-state index in [1.54, 1.807) is 0 Å². The molecule has 3 heteroatoms. The summed E-state index contributed by atoms with van der Waals surface area (Å²) in [6.07, 6.45) is 3.87. The molecule has 0 radical (unpaired) electrons. The van der Waals surface area contributed by atoms with Crippen molar-refractivity contribution >= 4 is 11.2 Å². The van der Waals surface area contributed by atoms with Crippen LogP contribution in [0.3, 0.4) is 0 Å². The van der Waals surface area contributed by atoms with Crippen molar-refractivity contribution in [2.45, 2.75) is 26.7 Å². The summed E-state index contributed by atoms with van der Waals surface area (Å²) >= 11 is 0. The summed E-state index contributed by atoms with van der Waals surface area (Å²) < 4.78 is 2.17. The lowest BCUT2D eigenvalue weighted by Gasteiger charge is -2.08. The second-order valence-corrected chi connectivity index (χ2v) is 4.80. The highest BCUT2D eigenvalue weighted by atomic mass is 15.1. The molecule has 0 saturated heterocycles. The molecule has 96 valence electrons. The third kappa shape index (κ3) is 2.12. The van der Waals surface area contributed by atoms with Crippen molar-refractivity contribution in [1.82, 2.24) is 14.5 Å². The van der Waals surface area contributed by atoms with Gasteiger partial charge in [-0.2, -0.15) is 0 Å². The first kappa shape index (κ1) is 11.9. The lowest BCUT2D eigenvalue weighted by Crippen LogP contribution is -2.02. The van der Waals surface area contributed by atoms with E-state index < -0.39 is 0 Å². The quantitative estimate of drug-likeness (QED) is 0.711. The Bertz CT molecular complexity index is 713. The van der Waals surface area contributed by atoms with Gasteiger partial charge in [-0.05, 0) is 43.2 Å². The Morgan fingerprint density at radius 1 is 1.16 bits per heavy atom. The maximum absolute atomic E-state index is 4.71. The van der Waals surface area contributed by atoms with Gasteiger partial charge >= 0.3 is 0 Å². The summed E-state index contributed by atoms with van der Waals surface area (Å²) in [4.78, 5) is 9.20. The summed E-state index contributed by atoms with van der Waals surface area (Å²) in [5.41, 5.74) is 4.30. The summed E-state index contributed by atoms with van der Waals surface area (Å²) in [5, 5.41) is 0. The van der Waals surface area contributed by atoms with Gasteiger partial charge in [0, 0.05) is 18.3 Å². The van der Waals surface area contributed by atoms with E-state index in [2.05, 4.69) is 47.7 Å². The fourth-order valence-corrected chi connectivity index (χ4v) is 2.39. The molecule has 1 aromatic carbocycles. The third-order valence-electron chi connectivity index (χ3n) is 3.22. The molecular formula is C16H17N3. The monoisotopic (exact) mass is 251 g/mol. The van der Waals surface area contributed by atoms with Crippen LogP contribution in [0.4, 0.5) is 0 Å². The van der Waals surface area contributed by atoms with E-state index in [-0.39, 0.29) is 0 Å². The minimum atomic E-state index is 0.941.